The van der Waals surface area contributed by atoms with Crippen LogP contribution in [0.2, 0.25) is 0 Å². The van der Waals surface area contributed by atoms with E-state index in [0.29, 0.717) is 12.1 Å². The molecule has 0 aliphatic heterocycles. The largest absolute Gasteiger partial charge is 0.469 e. The average molecular weight is 333 g/mol. The molecule has 0 saturated heterocycles. The number of aryl methyl sites for hydroxylation is 1. The Kier molecular flexibility index (Phi) is 4.44. The standard InChI is InChI=1S/C20H19N3O2/c1-13-15(4-3-5-18(13)22)17-12-23(9-8-20(24)25-2)19-7-6-14(11-21)10-16(17)19/h3-7,10,12H,8-9,22H2,1-2H3. The van der Waals surface area contributed by atoms with Crippen molar-refractivity contribution >= 4 is 22.6 Å². The van der Waals surface area contributed by atoms with Gasteiger partial charge in [-0.1, -0.05) is 12.1 Å². The number of ether oxygens (including phenoxy) is 1. The average Bonchev–Trinajstić information content (AvgIpc) is 2.99. The van der Waals surface area contributed by atoms with Gasteiger partial charge in [-0.2, -0.15) is 5.26 Å². The van der Waals surface area contributed by atoms with Crippen LogP contribution >= 0.6 is 0 Å². The van der Waals surface area contributed by atoms with E-state index in [-0.39, 0.29) is 12.4 Å². The molecule has 1 heterocycles. The molecule has 3 rings (SSSR count). The Morgan fingerprint density at radius 1 is 1.28 bits per heavy atom. The van der Waals surface area contributed by atoms with Crippen LogP contribution < -0.4 is 5.73 Å². The predicted molar refractivity (Wildman–Crippen MR) is 97.9 cm³/mol. The van der Waals surface area contributed by atoms with E-state index in [0.717, 1.165) is 33.3 Å². The van der Waals surface area contributed by atoms with Crippen molar-refractivity contribution in [1.82, 2.24) is 4.57 Å². The summed E-state index contributed by atoms with van der Waals surface area (Å²) in [5.41, 5.74) is 11.4. The van der Waals surface area contributed by atoms with Gasteiger partial charge in [0.2, 0.25) is 0 Å². The van der Waals surface area contributed by atoms with Crippen LogP contribution in [0.5, 0.6) is 0 Å². The van der Waals surface area contributed by atoms with E-state index in [1.165, 1.54) is 7.11 Å². The monoisotopic (exact) mass is 333 g/mol. The Labute approximate surface area is 146 Å². The summed E-state index contributed by atoms with van der Waals surface area (Å²) in [7, 11) is 1.39. The molecule has 0 atom stereocenters. The minimum absolute atomic E-state index is 0.253. The van der Waals surface area contributed by atoms with Gasteiger partial charge in [-0.05, 0) is 42.3 Å². The van der Waals surface area contributed by atoms with Crippen LogP contribution in [0.25, 0.3) is 22.0 Å². The fourth-order valence-electron chi connectivity index (χ4n) is 3.03. The van der Waals surface area contributed by atoms with Gasteiger partial charge in [-0.3, -0.25) is 4.79 Å². The van der Waals surface area contributed by atoms with Gasteiger partial charge >= 0.3 is 5.97 Å². The lowest BCUT2D eigenvalue weighted by Crippen LogP contribution is -2.06. The van der Waals surface area contributed by atoms with Gasteiger partial charge in [-0.25, -0.2) is 0 Å². The Morgan fingerprint density at radius 2 is 2.08 bits per heavy atom. The number of nitrogens with zero attached hydrogens (tertiary/aromatic N) is 2. The Hall–Kier alpha value is -3.26. The van der Waals surface area contributed by atoms with Crippen molar-refractivity contribution in [2.75, 3.05) is 12.8 Å². The predicted octanol–water partition coefficient (Wildman–Crippen LogP) is 3.63. The minimum atomic E-state index is -0.253. The molecule has 0 bridgehead atoms. The molecule has 1 aromatic heterocycles. The summed E-state index contributed by atoms with van der Waals surface area (Å²) >= 11 is 0. The molecule has 0 unspecified atom stereocenters. The molecule has 0 aliphatic rings. The van der Waals surface area contributed by atoms with E-state index in [2.05, 4.69) is 6.07 Å². The van der Waals surface area contributed by atoms with Gasteiger partial charge in [0.25, 0.3) is 0 Å². The SMILES string of the molecule is COC(=O)CCn1cc(-c2cccc(N)c2C)c2cc(C#N)ccc21. The molecule has 5 nitrogen and oxygen atoms in total. The molecule has 5 heteroatoms. The highest BCUT2D eigenvalue weighted by Gasteiger charge is 2.14. The van der Waals surface area contributed by atoms with Crippen LogP contribution in [0.3, 0.4) is 0 Å². The molecular weight excluding hydrogens is 314 g/mol. The number of nitriles is 1. The highest BCUT2D eigenvalue weighted by atomic mass is 16.5. The van der Waals surface area contributed by atoms with E-state index in [1.807, 2.05) is 48.0 Å². The van der Waals surface area contributed by atoms with Crippen LogP contribution in [0, 0.1) is 18.3 Å². The number of anilines is 1. The summed E-state index contributed by atoms with van der Waals surface area (Å²) in [6, 6.07) is 13.6. The summed E-state index contributed by atoms with van der Waals surface area (Å²) in [5.74, 6) is -0.253. The van der Waals surface area contributed by atoms with Crippen LogP contribution in [-0.4, -0.2) is 17.6 Å². The number of hydrogen-bond acceptors (Lipinski definition) is 4. The van der Waals surface area contributed by atoms with Crippen LogP contribution in [-0.2, 0) is 16.1 Å². The van der Waals surface area contributed by atoms with Crippen LogP contribution in [0.4, 0.5) is 5.69 Å². The van der Waals surface area contributed by atoms with Crippen LogP contribution in [0.1, 0.15) is 17.5 Å². The molecule has 2 N–H and O–H groups in total. The number of carbonyl (C=O) groups is 1. The second kappa shape index (κ2) is 6.70. The molecule has 0 amide bonds. The third kappa shape index (κ3) is 3.07. The zero-order chi connectivity index (χ0) is 18.0. The summed E-state index contributed by atoms with van der Waals surface area (Å²) < 4.78 is 6.75. The smallest absolute Gasteiger partial charge is 0.307 e. The molecule has 3 aromatic rings. The number of nitrogens with two attached hydrogens (primary N) is 1. The first-order chi connectivity index (χ1) is 12.0. The fourth-order valence-corrected chi connectivity index (χ4v) is 3.03. The van der Waals surface area contributed by atoms with E-state index in [9.17, 15) is 10.1 Å². The maximum absolute atomic E-state index is 11.5. The zero-order valence-corrected chi connectivity index (χ0v) is 14.2. The minimum Gasteiger partial charge on any atom is -0.469 e. The first-order valence-electron chi connectivity index (χ1n) is 8.00. The van der Waals surface area contributed by atoms with E-state index in [1.54, 1.807) is 6.07 Å². The number of carbonyl (C=O) groups excluding carboxylic acids is 1. The number of methoxy groups -OCH3 is 1. The lowest BCUT2D eigenvalue weighted by Gasteiger charge is -2.07. The summed E-state index contributed by atoms with van der Waals surface area (Å²) in [6.07, 6.45) is 2.30. The van der Waals surface area contributed by atoms with Gasteiger partial charge in [-0.15, -0.1) is 0 Å². The van der Waals surface area contributed by atoms with Crippen LogP contribution in [0.15, 0.2) is 42.6 Å². The van der Waals surface area contributed by atoms with Crippen molar-refractivity contribution in [3.8, 4) is 17.2 Å². The summed E-state index contributed by atoms with van der Waals surface area (Å²) in [5, 5.41) is 10.2. The van der Waals surface area contributed by atoms with E-state index in [4.69, 9.17) is 10.5 Å². The molecule has 2 aromatic carbocycles. The van der Waals surface area contributed by atoms with E-state index < -0.39 is 0 Å². The fraction of sp³-hybridized carbons (Fsp3) is 0.200. The first kappa shape index (κ1) is 16.6. The number of rotatable bonds is 4. The lowest BCUT2D eigenvalue weighted by molar-refractivity contribution is -0.140. The molecule has 0 radical (unpaired) electrons. The maximum Gasteiger partial charge on any atom is 0.307 e. The maximum atomic E-state index is 11.5. The topological polar surface area (TPSA) is 81.0 Å². The highest BCUT2D eigenvalue weighted by molar-refractivity contribution is 5.98. The van der Waals surface area contributed by atoms with Crippen molar-refractivity contribution in [3.05, 3.63) is 53.7 Å². The van der Waals surface area contributed by atoms with Gasteiger partial charge < -0.3 is 15.0 Å². The molecule has 126 valence electrons. The van der Waals surface area contributed by atoms with Gasteiger partial charge in [0.05, 0.1) is 25.2 Å². The second-order valence-corrected chi connectivity index (χ2v) is 5.93. The molecule has 0 fully saturated rings. The van der Waals surface area contributed by atoms with Crippen molar-refractivity contribution < 1.29 is 9.53 Å². The number of hydrogen-bond donors (Lipinski definition) is 1. The molecule has 0 saturated carbocycles. The van der Waals surface area contributed by atoms with Crippen molar-refractivity contribution in [3.63, 3.8) is 0 Å². The lowest BCUT2D eigenvalue weighted by atomic mass is 9.98. The summed E-state index contributed by atoms with van der Waals surface area (Å²) in [6.45, 7) is 2.49. The highest BCUT2D eigenvalue weighted by Crippen LogP contribution is 2.35. The normalized spacial score (nSPS) is 10.6. The van der Waals surface area contributed by atoms with Gasteiger partial charge in [0, 0.05) is 34.9 Å². The van der Waals surface area contributed by atoms with E-state index >= 15 is 0 Å². The second-order valence-electron chi connectivity index (χ2n) is 5.93. The Morgan fingerprint density at radius 3 is 2.80 bits per heavy atom. The van der Waals surface area contributed by atoms with Gasteiger partial charge in [0.15, 0.2) is 0 Å². The third-order valence-corrected chi connectivity index (χ3v) is 4.46. The van der Waals surface area contributed by atoms with Gasteiger partial charge in [0.1, 0.15) is 0 Å². The molecular formula is C20H19N3O2. The molecule has 25 heavy (non-hydrogen) atoms. The zero-order valence-electron chi connectivity index (χ0n) is 14.2. The van der Waals surface area contributed by atoms with Crippen molar-refractivity contribution in [1.29, 1.82) is 5.26 Å². The number of fused-ring (bicyclic) bond motifs is 1. The number of aromatic nitrogens is 1. The Balaban J connectivity index is 2.18. The molecule has 0 spiro atoms. The number of benzene rings is 2. The third-order valence-electron chi connectivity index (χ3n) is 4.46. The summed E-state index contributed by atoms with van der Waals surface area (Å²) in [4.78, 5) is 11.5. The Bertz CT molecular complexity index is 996. The number of nitrogen functional groups attached to an aromatic ring is 1. The van der Waals surface area contributed by atoms with Crippen molar-refractivity contribution in [2.45, 2.75) is 19.9 Å². The quantitative estimate of drug-likeness (QED) is 0.584. The first-order valence-corrected chi connectivity index (χ1v) is 8.00. The molecule has 0 aliphatic carbocycles. The number of esters is 1. The van der Waals surface area contributed by atoms with Crippen molar-refractivity contribution in [2.24, 2.45) is 0 Å².